The number of pyridine rings is 1. The average Bonchev–Trinajstić information content (AvgIpc) is 2.30. The first kappa shape index (κ1) is 14.9. The molecule has 0 spiro atoms. The summed E-state index contributed by atoms with van der Waals surface area (Å²) in [6.45, 7) is 4.19. The summed E-state index contributed by atoms with van der Waals surface area (Å²) in [5, 5.41) is 0. The standard InChI is InChI=1S/C11H18N2O4S/c1-4-13(9(2)8-17-3)18(15,16)10-5-6-11(14)12-7-10/h5-7,9H,4,8H2,1-3H3,(H,12,14). The summed E-state index contributed by atoms with van der Waals surface area (Å²) < 4.78 is 31.0. The summed E-state index contributed by atoms with van der Waals surface area (Å²) in [6.07, 6.45) is 1.21. The lowest BCUT2D eigenvalue weighted by Crippen LogP contribution is -2.41. The van der Waals surface area contributed by atoms with Crippen molar-refractivity contribution in [3.05, 3.63) is 28.7 Å². The van der Waals surface area contributed by atoms with Crippen LogP contribution in [0.3, 0.4) is 0 Å². The lowest BCUT2D eigenvalue weighted by molar-refractivity contribution is 0.142. The van der Waals surface area contributed by atoms with Gasteiger partial charge in [-0.1, -0.05) is 6.92 Å². The zero-order valence-electron chi connectivity index (χ0n) is 10.7. The van der Waals surface area contributed by atoms with Crippen LogP contribution in [0.25, 0.3) is 0 Å². The van der Waals surface area contributed by atoms with E-state index in [0.29, 0.717) is 13.2 Å². The van der Waals surface area contributed by atoms with E-state index in [9.17, 15) is 13.2 Å². The Morgan fingerprint density at radius 3 is 2.56 bits per heavy atom. The molecular weight excluding hydrogens is 256 g/mol. The third-order valence-electron chi connectivity index (χ3n) is 2.57. The van der Waals surface area contributed by atoms with Crippen LogP contribution in [0.4, 0.5) is 0 Å². The van der Waals surface area contributed by atoms with Crippen LogP contribution in [0.15, 0.2) is 28.0 Å². The molecule has 0 radical (unpaired) electrons. The molecule has 0 amide bonds. The maximum Gasteiger partial charge on any atom is 0.247 e. The average molecular weight is 274 g/mol. The molecule has 0 aliphatic heterocycles. The number of aromatic nitrogens is 1. The fourth-order valence-corrected chi connectivity index (χ4v) is 3.33. The molecule has 0 fully saturated rings. The van der Waals surface area contributed by atoms with E-state index in [1.165, 1.54) is 29.7 Å². The van der Waals surface area contributed by atoms with Gasteiger partial charge in [-0.25, -0.2) is 8.42 Å². The summed E-state index contributed by atoms with van der Waals surface area (Å²) in [5.74, 6) is 0. The normalized spacial score (nSPS) is 13.8. The molecule has 6 nitrogen and oxygen atoms in total. The first-order chi connectivity index (χ1) is 8.43. The highest BCUT2D eigenvalue weighted by Crippen LogP contribution is 2.16. The van der Waals surface area contributed by atoms with Crippen LogP contribution in [0.2, 0.25) is 0 Å². The van der Waals surface area contributed by atoms with Crippen molar-refractivity contribution in [3.63, 3.8) is 0 Å². The molecule has 0 aliphatic carbocycles. The number of methoxy groups -OCH3 is 1. The van der Waals surface area contributed by atoms with E-state index in [4.69, 9.17) is 4.74 Å². The lowest BCUT2D eigenvalue weighted by Gasteiger charge is -2.26. The van der Waals surface area contributed by atoms with E-state index in [0.717, 1.165) is 0 Å². The van der Waals surface area contributed by atoms with Gasteiger partial charge in [0.1, 0.15) is 0 Å². The van der Waals surface area contributed by atoms with Gasteiger partial charge in [0.25, 0.3) is 0 Å². The number of likely N-dealkylation sites (N-methyl/N-ethyl adjacent to an activating group) is 1. The second-order valence-electron chi connectivity index (χ2n) is 3.90. The van der Waals surface area contributed by atoms with E-state index >= 15 is 0 Å². The molecule has 0 bridgehead atoms. The van der Waals surface area contributed by atoms with Gasteiger partial charge in [0, 0.05) is 32.0 Å². The van der Waals surface area contributed by atoms with Gasteiger partial charge in [-0.3, -0.25) is 4.79 Å². The minimum absolute atomic E-state index is 0.0758. The maximum atomic E-state index is 12.3. The van der Waals surface area contributed by atoms with Crippen LogP contribution in [-0.2, 0) is 14.8 Å². The SMILES string of the molecule is CCN(C(C)COC)S(=O)(=O)c1ccc(=O)[nH]c1. The Hall–Kier alpha value is -1.18. The number of nitrogens with zero attached hydrogens (tertiary/aromatic N) is 1. The molecule has 102 valence electrons. The van der Waals surface area contributed by atoms with Crippen LogP contribution < -0.4 is 5.56 Å². The van der Waals surface area contributed by atoms with Crippen molar-refractivity contribution < 1.29 is 13.2 Å². The molecule has 0 saturated heterocycles. The van der Waals surface area contributed by atoms with Gasteiger partial charge in [-0.2, -0.15) is 4.31 Å². The Morgan fingerprint density at radius 1 is 1.44 bits per heavy atom. The molecule has 0 aromatic carbocycles. The quantitative estimate of drug-likeness (QED) is 0.815. The second-order valence-corrected chi connectivity index (χ2v) is 5.79. The molecule has 0 aliphatic rings. The first-order valence-electron chi connectivity index (χ1n) is 5.63. The van der Waals surface area contributed by atoms with E-state index in [-0.39, 0.29) is 16.5 Å². The Kier molecular flexibility index (Phi) is 5.06. The second kappa shape index (κ2) is 6.12. The summed E-state index contributed by atoms with van der Waals surface area (Å²) >= 11 is 0. The van der Waals surface area contributed by atoms with Crippen LogP contribution in [0.5, 0.6) is 0 Å². The minimum Gasteiger partial charge on any atom is -0.383 e. The number of H-pyrrole nitrogens is 1. The van der Waals surface area contributed by atoms with Crippen molar-refractivity contribution in [1.29, 1.82) is 0 Å². The summed E-state index contributed by atoms with van der Waals surface area (Å²) in [6, 6.07) is 2.23. The summed E-state index contributed by atoms with van der Waals surface area (Å²) in [7, 11) is -2.08. The van der Waals surface area contributed by atoms with E-state index in [2.05, 4.69) is 4.98 Å². The highest BCUT2D eigenvalue weighted by Gasteiger charge is 2.27. The molecule has 1 atom stereocenters. The number of hydrogen-bond donors (Lipinski definition) is 1. The zero-order chi connectivity index (χ0) is 13.8. The topological polar surface area (TPSA) is 79.5 Å². The molecule has 1 aromatic heterocycles. The Morgan fingerprint density at radius 2 is 2.11 bits per heavy atom. The van der Waals surface area contributed by atoms with Crippen LogP contribution in [-0.4, -0.2) is 44.0 Å². The van der Waals surface area contributed by atoms with Crippen molar-refractivity contribution in [2.45, 2.75) is 24.8 Å². The maximum absolute atomic E-state index is 12.3. The van der Waals surface area contributed by atoms with Gasteiger partial charge in [0.05, 0.1) is 11.5 Å². The van der Waals surface area contributed by atoms with Crippen LogP contribution in [0, 0.1) is 0 Å². The summed E-state index contributed by atoms with van der Waals surface area (Å²) in [4.78, 5) is 13.4. The summed E-state index contributed by atoms with van der Waals surface area (Å²) in [5.41, 5.74) is -0.332. The fraction of sp³-hybridized carbons (Fsp3) is 0.545. The van der Waals surface area contributed by atoms with E-state index in [1.807, 2.05) is 0 Å². The predicted octanol–water partition coefficient (Wildman–Crippen LogP) is 0.420. The Balaban J connectivity index is 3.10. The van der Waals surface area contributed by atoms with Gasteiger partial charge < -0.3 is 9.72 Å². The molecule has 1 unspecified atom stereocenters. The molecule has 1 aromatic rings. The monoisotopic (exact) mass is 274 g/mol. The number of ether oxygens (including phenoxy) is 1. The van der Waals surface area contributed by atoms with Gasteiger partial charge in [0.15, 0.2) is 0 Å². The Labute approximate surface area is 107 Å². The van der Waals surface area contributed by atoms with E-state index < -0.39 is 10.0 Å². The number of hydrogen-bond acceptors (Lipinski definition) is 4. The zero-order valence-corrected chi connectivity index (χ0v) is 11.5. The van der Waals surface area contributed by atoms with Crippen LogP contribution in [0.1, 0.15) is 13.8 Å². The smallest absolute Gasteiger partial charge is 0.247 e. The number of sulfonamides is 1. The van der Waals surface area contributed by atoms with Gasteiger partial charge >= 0.3 is 0 Å². The number of nitrogens with one attached hydrogen (secondary N) is 1. The number of aromatic amines is 1. The third kappa shape index (κ3) is 3.18. The lowest BCUT2D eigenvalue weighted by atomic mass is 10.4. The fourth-order valence-electron chi connectivity index (χ4n) is 1.74. The minimum atomic E-state index is -3.61. The molecule has 0 saturated carbocycles. The van der Waals surface area contributed by atoms with E-state index in [1.54, 1.807) is 13.8 Å². The molecule has 1 rings (SSSR count). The highest BCUT2D eigenvalue weighted by molar-refractivity contribution is 7.89. The molecule has 18 heavy (non-hydrogen) atoms. The molecular formula is C11H18N2O4S. The van der Waals surface area contributed by atoms with Crippen molar-refractivity contribution >= 4 is 10.0 Å². The van der Waals surface area contributed by atoms with Crippen molar-refractivity contribution in [1.82, 2.24) is 9.29 Å². The predicted molar refractivity (Wildman–Crippen MR) is 68.0 cm³/mol. The highest BCUT2D eigenvalue weighted by atomic mass is 32.2. The van der Waals surface area contributed by atoms with Gasteiger partial charge in [-0.05, 0) is 13.0 Å². The van der Waals surface area contributed by atoms with Crippen molar-refractivity contribution in [2.75, 3.05) is 20.3 Å². The van der Waals surface area contributed by atoms with Gasteiger partial charge in [0.2, 0.25) is 15.6 Å². The number of rotatable bonds is 6. The van der Waals surface area contributed by atoms with Gasteiger partial charge in [-0.15, -0.1) is 0 Å². The Bertz CT molecular complexity index is 518. The van der Waals surface area contributed by atoms with Crippen LogP contribution >= 0.6 is 0 Å². The third-order valence-corrected chi connectivity index (χ3v) is 4.66. The molecule has 1 N–H and O–H groups in total. The largest absolute Gasteiger partial charge is 0.383 e. The van der Waals surface area contributed by atoms with Crippen molar-refractivity contribution in [3.8, 4) is 0 Å². The molecule has 1 heterocycles. The van der Waals surface area contributed by atoms with Crippen molar-refractivity contribution in [2.24, 2.45) is 0 Å². The molecule has 7 heteroatoms. The first-order valence-corrected chi connectivity index (χ1v) is 7.07.